The van der Waals surface area contributed by atoms with Gasteiger partial charge in [-0.15, -0.1) is 0 Å². The summed E-state index contributed by atoms with van der Waals surface area (Å²) in [7, 11) is 0. The number of pyridine rings is 2. The van der Waals surface area contributed by atoms with Gasteiger partial charge in [0.2, 0.25) is 0 Å². The predicted molar refractivity (Wildman–Crippen MR) is 115 cm³/mol. The molecule has 2 aromatic carbocycles. The van der Waals surface area contributed by atoms with Gasteiger partial charge in [-0.05, 0) is 43.7 Å². The van der Waals surface area contributed by atoms with Crippen molar-refractivity contribution in [3.63, 3.8) is 0 Å². The summed E-state index contributed by atoms with van der Waals surface area (Å²) in [4.78, 5) is 9.94. The van der Waals surface area contributed by atoms with Crippen LogP contribution in [0.1, 0.15) is 36.5 Å². The summed E-state index contributed by atoms with van der Waals surface area (Å²) in [6, 6.07) is 33.3. The number of nitrogens with zero attached hydrogens (tertiary/aromatic N) is 2. The second-order valence-corrected chi connectivity index (χ2v) is 7.58. The van der Waals surface area contributed by atoms with Crippen LogP contribution in [0.2, 0.25) is 0 Å². The van der Waals surface area contributed by atoms with E-state index in [0.29, 0.717) is 0 Å². The molecular formula is C26H24N2. The van der Waals surface area contributed by atoms with Gasteiger partial charge in [0.25, 0.3) is 0 Å². The summed E-state index contributed by atoms with van der Waals surface area (Å²) in [6.07, 6.45) is 0.836. The first kappa shape index (κ1) is 18.1. The fourth-order valence-corrected chi connectivity index (χ4v) is 3.41. The van der Waals surface area contributed by atoms with Gasteiger partial charge < -0.3 is 0 Å². The molecule has 2 heterocycles. The molecule has 0 radical (unpaired) electrons. The van der Waals surface area contributed by atoms with Crippen LogP contribution in [0, 0.1) is 0 Å². The van der Waals surface area contributed by atoms with Crippen molar-refractivity contribution in [3.8, 4) is 11.3 Å². The van der Waals surface area contributed by atoms with Crippen LogP contribution in [0.5, 0.6) is 0 Å². The van der Waals surface area contributed by atoms with Crippen molar-refractivity contribution < 1.29 is 0 Å². The highest BCUT2D eigenvalue weighted by Gasteiger charge is 2.26. The molecule has 0 aliphatic heterocycles. The van der Waals surface area contributed by atoms with Crippen molar-refractivity contribution >= 4 is 0 Å². The lowest BCUT2D eigenvalue weighted by molar-refractivity contribution is 0.593. The Morgan fingerprint density at radius 2 is 1.21 bits per heavy atom. The third-order valence-electron chi connectivity index (χ3n) is 5.13. The molecule has 0 N–H and O–H groups in total. The molecule has 0 saturated heterocycles. The van der Waals surface area contributed by atoms with Crippen LogP contribution in [-0.2, 0) is 11.8 Å². The van der Waals surface area contributed by atoms with Crippen molar-refractivity contribution in [3.05, 3.63) is 120 Å². The first-order chi connectivity index (χ1) is 13.6. The Labute approximate surface area is 167 Å². The van der Waals surface area contributed by atoms with Gasteiger partial charge in [0.05, 0.1) is 17.1 Å². The molecule has 0 fully saturated rings. The van der Waals surface area contributed by atoms with Crippen LogP contribution in [0.15, 0.2) is 97.1 Å². The fraction of sp³-hybridized carbons (Fsp3) is 0.154. The van der Waals surface area contributed by atoms with Gasteiger partial charge in [-0.25, -0.2) is 0 Å². The zero-order valence-corrected chi connectivity index (χ0v) is 16.3. The highest BCUT2D eigenvalue weighted by atomic mass is 14.8. The Hall–Kier alpha value is -3.26. The van der Waals surface area contributed by atoms with Crippen molar-refractivity contribution in [2.75, 3.05) is 0 Å². The van der Waals surface area contributed by atoms with E-state index in [4.69, 9.17) is 9.97 Å². The smallest absolute Gasteiger partial charge is 0.0705 e. The minimum Gasteiger partial charge on any atom is -0.257 e. The van der Waals surface area contributed by atoms with E-state index in [1.54, 1.807) is 0 Å². The zero-order valence-electron chi connectivity index (χ0n) is 16.3. The van der Waals surface area contributed by atoms with Crippen LogP contribution < -0.4 is 0 Å². The van der Waals surface area contributed by atoms with E-state index in [2.05, 4.69) is 86.6 Å². The molecule has 4 rings (SSSR count). The summed E-state index contributed by atoms with van der Waals surface area (Å²) < 4.78 is 0. The molecule has 2 nitrogen and oxygen atoms in total. The second kappa shape index (κ2) is 7.77. The Balaban J connectivity index is 1.66. The molecule has 2 aromatic heterocycles. The molecule has 2 heteroatoms. The molecule has 0 amide bonds. The highest BCUT2D eigenvalue weighted by molar-refractivity contribution is 5.59. The predicted octanol–water partition coefficient (Wildman–Crippen LogP) is 6.06. The van der Waals surface area contributed by atoms with E-state index in [0.717, 1.165) is 34.8 Å². The molecule has 0 saturated carbocycles. The SMILES string of the molecule is CC(C)(c1cccc(Cc2ccccc2)n1)c1cccc(-c2ccccc2)n1. The molecule has 0 aliphatic rings. The molecule has 28 heavy (non-hydrogen) atoms. The van der Waals surface area contributed by atoms with E-state index in [1.165, 1.54) is 5.56 Å². The van der Waals surface area contributed by atoms with Gasteiger partial charge in [0.15, 0.2) is 0 Å². The van der Waals surface area contributed by atoms with Gasteiger partial charge in [-0.3, -0.25) is 9.97 Å². The first-order valence-electron chi connectivity index (χ1n) is 9.66. The second-order valence-electron chi connectivity index (χ2n) is 7.58. The lowest BCUT2D eigenvalue weighted by Gasteiger charge is -2.24. The van der Waals surface area contributed by atoms with Gasteiger partial charge in [-0.1, -0.05) is 72.8 Å². The van der Waals surface area contributed by atoms with Crippen LogP contribution in [0.4, 0.5) is 0 Å². The summed E-state index contributed by atoms with van der Waals surface area (Å²) in [5.74, 6) is 0. The van der Waals surface area contributed by atoms with Crippen LogP contribution in [-0.4, -0.2) is 9.97 Å². The maximum atomic E-state index is 4.98. The number of hydrogen-bond acceptors (Lipinski definition) is 2. The summed E-state index contributed by atoms with van der Waals surface area (Å²) in [5, 5.41) is 0. The zero-order chi connectivity index (χ0) is 19.4. The third kappa shape index (κ3) is 3.86. The Morgan fingerprint density at radius 1 is 0.607 bits per heavy atom. The molecule has 0 spiro atoms. The van der Waals surface area contributed by atoms with E-state index in [1.807, 2.05) is 24.3 Å². The third-order valence-corrected chi connectivity index (χ3v) is 5.13. The van der Waals surface area contributed by atoms with Crippen molar-refractivity contribution in [1.29, 1.82) is 0 Å². The normalized spacial score (nSPS) is 11.4. The minimum absolute atomic E-state index is 0.280. The number of rotatable bonds is 5. The van der Waals surface area contributed by atoms with Gasteiger partial charge >= 0.3 is 0 Å². The summed E-state index contributed by atoms with van der Waals surface area (Å²) >= 11 is 0. The quantitative estimate of drug-likeness (QED) is 0.430. The molecule has 0 unspecified atom stereocenters. The Morgan fingerprint density at radius 3 is 1.93 bits per heavy atom. The molecule has 0 atom stereocenters. The number of aromatic nitrogens is 2. The van der Waals surface area contributed by atoms with Crippen LogP contribution in [0.25, 0.3) is 11.3 Å². The van der Waals surface area contributed by atoms with E-state index in [9.17, 15) is 0 Å². The van der Waals surface area contributed by atoms with Gasteiger partial charge in [0.1, 0.15) is 0 Å². The molecule has 138 valence electrons. The summed E-state index contributed by atoms with van der Waals surface area (Å²) in [6.45, 7) is 4.39. The highest BCUT2D eigenvalue weighted by Crippen LogP contribution is 2.30. The fourth-order valence-electron chi connectivity index (χ4n) is 3.41. The van der Waals surface area contributed by atoms with Crippen LogP contribution in [0.3, 0.4) is 0 Å². The maximum Gasteiger partial charge on any atom is 0.0705 e. The van der Waals surface area contributed by atoms with Crippen molar-refractivity contribution in [2.24, 2.45) is 0 Å². The summed E-state index contributed by atoms with van der Waals surface area (Å²) in [5.41, 5.74) is 6.26. The average Bonchev–Trinajstić information content (AvgIpc) is 2.75. The largest absolute Gasteiger partial charge is 0.257 e. The number of hydrogen-bond donors (Lipinski definition) is 0. The standard InChI is InChI=1S/C26H24N2/c1-26(2,25-18-10-16-23(28-25)21-13-7-4-8-14-21)24-17-9-15-22(27-24)19-20-11-5-3-6-12-20/h3-18H,19H2,1-2H3. The van der Waals surface area contributed by atoms with E-state index in [-0.39, 0.29) is 5.41 Å². The maximum absolute atomic E-state index is 4.98. The van der Waals surface area contributed by atoms with Crippen molar-refractivity contribution in [1.82, 2.24) is 9.97 Å². The molecular weight excluding hydrogens is 340 g/mol. The van der Waals surface area contributed by atoms with Gasteiger partial charge in [-0.2, -0.15) is 0 Å². The number of benzene rings is 2. The van der Waals surface area contributed by atoms with E-state index < -0.39 is 0 Å². The Kier molecular flexibility index (Phi) is 5.03. The molecule has 0 aliphatic carbocycles. The lowest BCUT2D eigenvalue weighted by Crippen LogP contribution is -2.22. The molecule has 0 bridgehead atoms. The Bertz CT molecular complexity index is 1050. The molecule has 4 aromatic rings. The topological polar surface area (TPSA) is 25.8 Å². The van der Waals surface area contributed by atoms with Crippen LogP contribution >= 0.6 is 0 Å². The first-order valence-corrected chi connectivity index (χ1v) is 9.66. The van der Waals surface area contributed by atoms with Gasteiger partial charge in [0, 0.05) is 23.1 Å². The van der Waals surface area contributed by atoms with Crippen molar-refractivity contribution in [2.45, 2.75) is 25.7 Å². The average molecular weight is 364 g/mol. The lowest BCUT2D eigenvalue weighted by atomic mass is 9.84. The monoisotopic (exact) mass is 364 g/mol. The minimum atomic E-state index is -0.280. The van der Waals surface area contributed by atoms with E-state index >= 15 is 0 Å².